The molecule has 2 aromatic carbocycles. The van der Waals surface area contributed by atoms with Gasteiger partial charge in [0.1, 0.15) is 11.6 Å². The van der Waals surface area contributed by atoms with Gasteiger partial charge < -0.3 is 15.4 Å². The number of carbonyl (C=O) groups is 1. The molecule has 2 amide bonds. The number of hydrogen-bond donors (Lipinski definition) is 2. The summed E-state index contributed by atoms with van der Waals surface area (Å²) in [5, 5.41) is 5.91. The van der Waals surface area contributed by atoms with Crippen LogP contribution in [0.4, 0.5) is 9.18 Å². The van der Waals surface area contributed by atoms with Crippen LogP contribution in [0.15, 0.2) is 48.5 Å². The van der Waals surface area contributed by atoms with E-state index in [0.29, 0.717) is 0 Å². The van der Waals surface area contributed by atoms with Crippen molar-refractivity contribution < 1.29 is 13.9 Å². The lowest BCUT2D eigenvalue weighted by Gasteiger charge is -2.24. The molecule has 25 heavy (non-hydrogen) atoms. The van der Waals surface area contributed by atoms with E-state index in [2.05, 4.69) is 24.5 Å². The molecule has 134 valence electrons. The van der Waals surface area contributed by atoms with E-state index in [4.69, 9.17) is 4.74 Å². The number of amides is 2. The second kappa shape index (κ2) is 8.51. The van der Waals surface area contributed by atoms with E-state index in [0.717, 1.165) is 16.9 Å². The fraction of sp³-hybridized carbons (Fsp3) is 0.350. The Morgan fingerprint density at radius 2 is 1.48 bits per heavy atom. The van der Waals surface area contributed by atoms with Gasteiger partial charge in [-0.05, 0) is 48.2 Å². The molecule has 0 saturated carbocycles. The van der Waals surface area contributed by atoms with Gasteiger partial charge in [0.25, 0.3) is 0 Å². The lowest BCUT2D eigenvalue weighted by Crippen LogP contribution is -2.40. The third-order valence-electron chi connectivity index (χ3n) is 4.15. The molecule has 2 rings (SSSR count). The summed E-state index contributed by atoms with van der Waals surface area (Å²) in [6, 6.07) is 13.2. The van der Waals surface area contributed by atoms with Gasteiger partial charge in [-0.2, -0.15) is 0 Å². The number of methoxy groups -OCH3 is 1. The van der Waals surface area contributed by atoms with Crippen molar-refractivity contribution in [1.29, 1.82) is 0 Å². The fourth-order valence-electron chi connectivity index (χ4n) is 2.66. The maximum Gasteiger partial charge on any atom is 0.315 e. The van der Waals surface area contributed by atoms with Crippen molar-refractivity contribution in [2.24, 2.45) is 5.92 Å². The van der Waals surface area contributed by atoms with E-state index in [1.54, 1.807) is 19.2 Å². The van der Waals surface area contributed by atoms with Crippen molar-refractivity contribution in [3.8, 4) is 5.75 Å². The van der Waals surface area contributed by atoms with Crippen LogP contribution in [0.25, 0.3) is 0 Å². The number of nitrogens with one attached hydrogen (secondary N) is 2. The number of carbonyl (C=O) groups excluding carboxylic acids is 1. The molecule has 5 heteroatoms. The van der Waals surface area contributed by atoms with E-state index in [1.807, 2.05) is 31.2 Å². The molecular formula is C20H25FN2O2. The molecule has 0 fully saturated rings. The number of rotatable bonds is 6. The Hall–Kier alpha value is -2.56. The lowest BCUT2D eigenvalue weighted by molar-refractivity contribution is 0.230. The largest absolute Gasteiger partial charge is 0.497 e. The zero-order valence-corrected chi connectivity index (χ0v) is 15.0. The van der Waals surface area contributed by atoms with Crippen LogP contribution >= 0.6 is 0 Å². The van der Waals surface area contributed by atoms with E-state index < -0.39 is 0 Å². The van der Waals surface area contributed by atoms with Gasteiger partial charge in [0.05, 0.1) is 19.2 Å². The first-order chi connectivity index (χ1) is 11.9. The van der Waals surface area contributed by atoms with Crippen molar-refractivity contribution in [2.75, 3.05) is 7.11 Å². The SMILES string of the molecule is COc1ccc(C(NC(=O)NC(C)c2ccc(F)cc2)C(C)C)cc1. The van der Waals surface area contributed by atoms with Crippen molar-refractivity contribution in [3.63, 3.8) is 0 Å². The van der Waals surface area contributed by atoms with Crippen LogP contribution in [0.1, 0.15) is 44.0 Å². The maximum absolute atomic E-state index is 13.0. The van der Waals surface area contributed by atoms with Crippen LogP contribution in [0.3, 0.4) is 0 Å². The molecule has 0 aromatic heterocycles. The fourth-order valence-corrected chi connectivity index (χ4v) is 2.66. The highest BCUT2D eigenvalue weighted by Crippen LogP contribution is 2.24. The summed E-state index contributed by atoms with van der Waals surface area (Å²) in [6.07, 6.45) is 0. The normalized spacial score (nSPS) is 13.2. The molecule has 0 radical (unpaired) electrons. The zero-order chi connectivity index (χ0) is 18.4. The number of hydrogen-bond acceptors (Lipinski definition) is 2. The summed E-state index contributed by atoms with van der Waals surface area (Å²) in [5.41, 5.74) is 1.86. The Labute approximate surface area is 148 Å². The molecule has 2 atom stereocenters. The number of ether oxygens (including phenoxy) is 1. The highest BCUT2D eigenvalue weighted by atomic mass is 19.1. The summed E-state index contributed by atoms with van der Waals surface area (Å²) in [7, 11) is 1.62. The van der Waals surface area contributed by atoms with Gasteiger partial charge in [0.15, 0.2) is 0 Å². The third kappa shape index (κ3) is 5.21. The van der Waals surface area contributed by atoms with Gasteiger partial charge in [-0.1, -0.05) is 38.1 Å². The van der Waals surface area contributed by atoms with Gasteiger partial charge in [-0.25, -0.2) is 9.18 Å². The average molecular weight is 344 g/mol. The number of halogens is 1. The first-order valence-corrected chi connectivity index (χ1v) is 8.37. The zero-order valence-electron chi connectivity index (χ0n) is 15.0. The predicted octanol–water partition coefficient (Wildman–Crippen LogP) is 4.59. The highest BCUT2D eigenvalue weighted by Gasteiger charge is 2.19. The monoisotopic (exact) mass is 344 g/mol. The predicted molar refractivity (Wildman–Crippen MR) is 97.1 cm³/mol. The quantitative estimate of drug-likeness (QED) is 0.805. The van der Waals surface area contributed by atoms with E-state index >= 15 is 0 Å². The van der Waals surface area contributed by atoms with E-state index in [9.17, 15) is 9.18 Å². The van der Waals surface area contributed by atoms with Crippen LogP contribution in [-0.4, -0.2) is 13.1 Å². The molecule has 0 aliphatic carbocycles. The topological polar surface area (TPSA) is 50.4 Å². The summed E-state index contributed by atoms with van der Waals surface area (Å²) in [6.45, 7) is 5.97. The van der Waals surface area contributed by atoms with Crippen molar-refractivity contribution in [1.82, 2.24) is 10.6 Å². The first-order valence-electron chi connectivity index (χ1n) is 8.37. The summed E-state index contributed by atoms with van der Waals surface area (Å²) in [4.78, 5) is 12.4. The van der Waals surface area contributed by atoms with Crippen LogP contribution < -0.4 is 15.4 Å². The molecule has 2 aromatic rings. The molecule has 4 nitrogen and oxygen atoms in total. The van der Waals surface area contributed by atoms with Gasteiger partial charge in [-0.15, -0.1) is 0 Å². The molecule has 0 aliphatic rings. The molecule has 2 unspecified atom stereocenters. The standard InChI is InChI=1S/C20H25FN2O2/c1-13(2)19(16-7-11-18(25-4)12-8-16)23-20(24)22-14(3)15-5-9-17(21)10-6-15/h5-14,19H,1-4H3,(H2,22,23,24). The smallest absolute Gasteiger partial charge is 0.315 e. The third-order valence-corrected chi connectivity index (χ3v) is 4.15. The molecule has 2 N–H and O–H groups in total. The van der Waals surface area contributed by atoms with Crippen LogP contribution in [-0.2, 0) is 0 Å². The van der Waals surface area contributed by atoms with Crippen LogP contribution in [0.5, 0.6) is 5.75 Å². The van der Waals surface area contributed by atoms with Crippen molar-refractivity contribution in [2.45, 2.75) is 32.9 Å². The second-order valence-corrected chi connectivity index (χ2v) is 6.39. The van der Waals surface area contributed by atoms with Gasteiger partial charge in [0.2, 0.25) is 0 Å². The summed E-state index contributed by atoms with van der Waals surface area (Å²) < 4.78 is 18.2. The molecule has 0 bridgehead atoms. The van der Waals surface area contributed by atoms with Crippen LogP contribution in [0.2, 0.25) is 0 Å². The Morgan fingerprint density at radius 1 is 0.920 bits per heavy atom. The summed E-state index contributed by atoms with van der Waals surface area (Å²) >= 11 is 0. The first kappa shape index (κ1) is 18.8. The maximum atomic E-state index is 13.0. The van der Waals surface area contributed by atoms with Crippen molar-refractivity contribution >= 4 is 6.03 Å². The molecule has 0 aliphatic heterocycles. The number of urea groups is 1. The molecule has 0 spiro atoms. The average Bonchev–Trinajstić information content (AvgIpc) is 2.60. The van der Waals surface area contributed by atoms with Gasteiger partial charge >= 0.3 is 6.03 Å². The van der Waals surface area contributed by atoms with Gasteiger partial charge in [0, 0.05) is 0 Å². The Balaban J connectivity index is 2.03. The molecule has 0 heterocycles. The minimum atomic E-state index is -0.292. The van der Waals surface area contributed by atoms with E-state index in [1.165, 1.54) is 12.1 Å². The van der Waals surface area contributed by atoms with E-state index in [-0.39, 0.29) is 29.8 Å². The second-order valence-electron chi connectivity index (χ2n) is 6.39. The Bertz CT molecular complexity index is 684. The molecule has 0 saturated heterocycles. The number of benzene rings is 2. The highest BCUT2D eigenvalue weighted by molar-refractivity contribution is 5.75. The molecular weight excluding hydrogens is 319 g/mol. The Morgan fingerprint density at radius 3 is 2.00 bits per heavy atom. The van der Waals surface area contributed by atoms with Crippen molar-refractivity contribution in [3.05, 3.63) is 65.5 Å². The Kier molecular flexibility index (Phi) is 6.39. The van der Waals surface area contributed by atoms with Crippen LogP contribution in [0, 0.1) is 11.7 Å². The lowest BCUT2D eigenvalue weighted by atomic mass is 9.96. The van der Waals surface area contributed by atoms with Gasteiger partial charge in [-0.3, -0.25) is 0 Å². The minimum Gasteiger partial charge on any atom is -0.497 e. The minimum absolute atomic E-state index is 0.119. The summed E-state index contributed by atoms with van der Waals surface area (Å²) in [5.74, 6) is 0.709.